The molecule has 0 bridgehead atoms. The molecule has 0 aromatic carbocycles. The number of hydrogen-bond acceptors (Lipinski definition) is 6. The van der Waals surface area contributed by atoms with Crippen LogP contribution in [0.4, 0.5) is 0 Å². The summed E-state index contributed by atoms with van der Waals surface area (Å²) in [6.45, 7) is 9.18. The van der Waals surface area contributed by atoms with Gasteiger partial charge in [-0.25, -0.2) is 0 Å². The molecule has 2 atom stereocenters. The molecule has 4 N–H and O–H groups in total. The van der Waals surface area contributed by atoms with Crippen molar-refractivity contribution in [3.05, 3.63) is 12.8 Å². The number of carbonyl (C=O) groups excluding carboxylic acids is 3. The number of nitrogens with one attached hydrogen (secondary N) is 4. The van der Waals surface area contributed by atoms with Crippen LogP contribution in [-0.2, 0) is 19.1 Å². The van der Waals surface area contributed by atoms with Crippen molar-refractivity contribution in [1.29, 1.82) is 0 Å². The standard InChI is InChI=1S/C15H28N4O4/c1-7-17-11(14(22)19-15(2,3)4)9-18-13(21)10(16-5)8-12(20)23-6/h7,10-11,16-17H,1,8-9H2,2-6H3,(H,18,21)(H,19,22)/t10-,11-/m0/s1. The second-order valence-corrected chi connectivity index (χ2v) is 6.03. The van der Waals surface area contributed by atoms with Gasteiger partial charge in [-0.1, -0.05) is 6.58 Å². The molecule has 0 radical (unpaired) electrons. The van der Waals surface area contributed by atoms with E-state index in [4.69, 9.17) is 0 Å². The minimum atomic E-state index is -0.725. The molecule has 0 rings (SSSR count). The second-order valence-electron chi connectivity index (χ2n) is 6.03. The first kappa shape index (κ1) is 20.9. The van der Waals surface area contributed by atoms with Crippen LogP contribution < -0.4 is 21.3 Å². The molecule has 0 saturated carbocycles. The summed E-state index contributed by atoms with van der Waals surface area (Å²) < 4.78 is 4.54. The first-order chi connectivity index (χ1) is 10.6. The highest BCUT2D eigenvalue weighted by atomic mass is 16.5. The van der Waals surface area contributed by atoms with Crippen molar-refractivity contribution < 1.29 is 19.1 Å². The van der Waals surface area contributed by atoms with Gasteiger partial charge in [0.25, 0.3) is 0 Å². The van der Waals surface area contributed by atoms with Gasteiger partial charge in [-0.2, -0.15) is 0 Å². The van der Waals surface area contributed by atoms with Crippen LogP contribution in [0.5, 0.6) is 0 Å². The van der Waals surface area contributed by atoms with Crippen molar-refractivity contribution in [2.45, 2.75) is 44.8 Å². The number of carbonyl (C=O) groups is 3. The Hall–Kier alpha value is -2.09. The molecule has 23 heavy (non-hydrogen) atoms. The third-order valence-corrected chi connectivity index (χ3v) is 2.88. The Labute approximate surface area is 137 Å². The van der Waals surface area contributed by atoms with E-state index in [2.05, 4.69) is 32.6 Å². The molecule has 0 heterocycles. The first-order valence-electron chi connectivity index (χ1n) is 7.35. The maximum absolute atomic E-state index is 12.2. The molecular weight excluding hydrogens is 300 g/mol. The van der Waals surface area contributed by atoms with Crippen LogP contribution in [0.15, 0.2) is 12.8 Å². The molecule has 2 amide bonds. The predicted octanol–water partition coefficient (Wildman–Crippen LogP) is -0.730. The molecule has 0 saturated heterocycles. The van der Waals surface area contributed by atoms with E-state index in [9.17, 15) is 14.4 Å². The third kappa shape index (κ3) is 8.82. The van der Waals surface area contributed by atoms with E-state index in [-0.39, 0.29) is 24.4 Å². The van der Waals surface area contributed by atoms with E-state index in [0.29, 0.717) is 0 Å². The smallest absolute Gasteiger partial charge is 0.307 e. The molecule has 0 unspecified atom stereocenters. The summed E-state index contributed by atoms with van der Waals surface area (Å²) in [6, 6.07) is -1.39. The Bertz CT molecular complexity index is 432. The van der Waals surface area contributed by atoms with Crippen LogP contribution in [-0.4, -0.2) is 56.1 Å². The molecule has 0 fully saturated rings. The Morgan fingerprint density at radius 2 is 1.78 bits per heavy atom. The summed E-state index contributed by atoms with van der Waals surface area (Å²) >= 11 is 0. The summed E-state index contributed by atoms with van der Waals surface area (Å²) in [6.07, 6.45) is 1.30. The lowest BCUT2D eigenvalue weighted by molar-refractivity contribution is -0.143. The number of rotatable bonds is 9. The number of likely N-dealkylation sites (N-methyl/N-ethyl adjacent to an activating group) is 1. The molecule has 132 valence electrons. The van der Waals surface area contributed by atoms with Crippen molar-refractivity contribution >= 4 is 17.8 Å². The fraction of sp³-hybridized carbons (Fsp3) is 0.667. The van der Waals surface area contributed by atoms with Crippen LogP contribution in [0.25, 0.3) is 0 Å². The predicted molar refractivity (Wildman–Crippen MR) is 87.5 cm³/mol. The molecule has 8 heteroatoms. The SMILES string of the molecule is C=CN[C@@H](CNC(=O)[C@H](CC(=O)OC)NC)C(=O)NC(C)(C)C. The average Bonchev–Trinajstić information content (AvgIpc) is 2.46. The molecular formula is C15H28N4O4. The number of ether oxygens (including phenoxy) is 1. The zero-order valence-corrected chi connectivity index (χ0v) is 14.5. The Morgan fingerprint density at radius 1 is 1.17 bits per heavy atom. The lowest BCUT2D eigenvalue weighted by Gasteiger charge is -2.25. The lowest BCUT2D eigenvalue weighted by atomic mass is 10.1. The molecule has 0 aliphatic rings. The largest absolute Gasteiger partial charge is 0.469 e. The molecule has 0 aliphatic carbocycles. The molecule has 0 aliphatic heterocycles. The first-order valence-corrected chi connectivity index (χ1v) is 7.35. The fourth-order valence-corrected chi connectivity index (χ4v) is 1.73. The second kappa shape index (κ2) is 9.83. The summed E-state index contributed by atoms with van der Waals surface area (Å²) in [7, 11) is 2.83. The number of esters is 1. The van der Waals surface area contributed by atoms with E-state index in [1.165, 1.54) is 13.3 Å². The highest BCUT2D eigenvalue weighted by Gasteiger charge is 2.25. The summed E-state index contributed by atoms with van der Waals surface area (Å²) in [4.78, 5) is 35.5. The van der Waals surface area contributed by atoms with Gasteiger partial charge in [0.05, 0.1) is 19.6 Å². The van der Waals surface area contributed by atoms with Crippen molar-refractivity contribution in [2.75, 3.05) is 20.7 Å². The summed E-state index contributed by atoms with van der Waals surface area (Å²) in [5.74, 6) is -1.14. The summed E-state index contributed by atoms with van der Waals surface area (Å²) in [5.41, 5.74) is -0.388. The van der Waals surface area contributed by atoms with Crippen LogP contribution in [0, 0.1) is 0 Å². The summed E-state index contributed by atoms with van der Waals surface area (Å²) in [5, 5.41) is 11.0. The van der Waals surface area contributed by atoms with Gasteiger partial charge in [0.1, 0.15) is 6.04 Å². The average molecular weight is 328 g/mol. The number of hydrogen-bond donors (Lipinski definition) is 4. The zero-order valence-electron chi connectivity index (χ0n) is 14.5. The maximum Gasteiger partial charge on any atom is 0.307 e. The fourth-order valence-electron chi connectivity index (χ4n) is 1.73. The lowest BCUT2D eigenvalue weighted by Crippen LogP contribution is -2.55. The van der Waals surface area contributed by atoms with Crippen LogP contribution in [0.2, 0.25) is 0 Å². The Morgan fingerprint density at radius 3 is 2.22 bits per heavy atom. The number of methoxy groups -OCH3 is 1. The third-order valence-electron chi connectivity index (χ3n) is 2.88. The Balaban J connectivity index is 4.65. The van der Waals surface area contributed by atoms with Crippen LogP contribution >= 0.6 is 0 Å². The molecule has 0 aromatic heterocycles. The maximum atomic E-state index is 12.2. The van der Waals surface area contributed by atoms with Crippen molar-refractivity contribution in [2.24, 2.45) is 0 Å². The quantitative estimate of drug-likeness (QED) is 0.416. The van der Waals surface area contributed by atoms with E-state index in [1.54, 1.807) is 7.05 Å². The van der Waals surface area contributed by atoms with Crippen LogP contribution in [0.1, 0.15) is 27.2 Å². The van der Waals surface area contributed by atoms with Crippen LogP contribution in [0.3, 0.4) is 0 Å². The van der Waals surface area contributed by atoms with Gasteiger partial charge in [0.15, 0.2) is 0 Å². The van der Waals surface area contributed by atoms with E-state index in [1.807, 2.05) is 20.8 Å². The normalized spacial score (nSPS) is 13.4. The minimum absolute atomic E-state index is 0.0616. The minimum Gasteiger partial charge on any atom is -0.469 e. The topological polar surface area (TPSA) is 109 Å². The van der Waals surface area contributed by atoms with Crippen molar-refractivity contribution in [1.82, 2.24) is 21.3 Å². The van der Waals surface area contributed by atoms with Gasteiger partial charge >= 0.3 is 5.97 Å². The van der Waals surface area contributed by atoms with Gasteiger partial charge in [0.2, 0.25) is 11.8 Å². The molecule has 0 aromatic rings. The monoisotopic (exact) mass is 328 g/mol. The van der Waals surface area contributed by atoms with Gasteiger partial charge in [-0.05, 0) is 34.0 Å². The van der Waals surface area contributed by atoms with E-state index < -0.39 is 24.0 Å². The Kier molecular flexibility index (Phi) is 8.94. The van der Waals surface area contributed by atoms with Gasteiger partial charge in [-0.15, -0.1) is 0 Å². The highest BCUT2D eigenvalue weighted by molar-refractivity contribution is 5.88. The molecule has 8 nitrogen and oxygen atoms in total. The van der Waals surface area contributed by atoms with E-state index >= 15 is 0 Å². The van der Waals surface area contributed by atoms with Crippen molar-refractivity contribution in [3.8, 4) is 0 Å². The molecule has 0 spiro atoms. The van der Waals surface area contributed by atoms with Gasteiger partial charge in [0, 0.05) is 12.1 Å². The van der Waals surface area contributed by atoms with Crippen molar-refractivity contribution in [3.63, 3.8) is 0 Å². The number of amides is 2. The zero-order chi connectivity index (χ0) is 18.0. The van der Waals surface area contributed by atoms with Gasteiger partial charge in [-0.3, -0.25) is 14.4 Å². The van der Waals surface area contributed by atoms with Gasteiger partial charge < -0.3 is 26.0 Å². The highest BCUT2D eigenvalue weighted by Crippen LogP contribution is 2.00. The van der Waals surface area contributed by atoms with E-state index in [0.717, 1.165) is 0 Å².